The van der Waals surface area contributed by atoms with Crippen LogP contribution in [-0.2, 0) is 12.1 Å². The summed E-state index contributed by atoms with van der Waals surface area (Å²) in [6.45, 7) is 0.755. The molecule has 0 bridgehead atoms. The molecule has 0 spiro atoms. The van der Waals surface area contributed by atoms with E-state index in [1.165, 1.54) is 22.0 Å². The lowest BCUT2D eigenvalue weighted by Crippen LogP contribution is -2.39. The molecular formula is C26H18Cl2N2. The van der Waals surface area contributed by atoms with Crippen LogP contribution in [0.5, 0.6) is 0 Å². The molecule has 0 saturated heterocycles. The van der Waals surface area contributed by atoms with Crippen molar-refractivity contribution >= 4 is 45.4 Å². The third-order valence-electron chi connectivity index (χ3n) is 6.25. The monoisotopic (exact) mass is 428 g/mol. The standard InChI is InChI=1S/C26H18Cl2N2/c27-21-11-7-18(8-12-21)24-16-30-25-19(6-5-17-3-1-2-4-23(17)25)15-26(30,29-24)20-9-13-22(28)14-10-20/h1-14H,15-16H2/t26-/m0/s1. The van der Waals surface area contributed by atoms with Crippen molar-refractivity contribution in [3.63, 3.8) is 0 Å². The first-order valence-corrected chi connectivity index (χ1v) is 10.8. The van der Waals surface area contributed by atoms with E-state index in [0.29, 0.717) is 0 Å². The summed E-state index contributed by atoms with van der Waals surface area (Å²) in [6.07, 6.45) is 0.839. The third-order valence-corrected chi connectivity index (χ3v) is 6.75. The van der Waals surface area contributed by atoms with Crippen molar-refractivity contribution in [1.82, 2.24) is 0 Å². The molecule has 30 heavy (non-hydrogen) atoms. The Kier molecular flexibility index (Phi) is 3.96. The topological polar surface area (TPSA) is 15.6 Å². The molecule has 4 aromatic rings. The zero-order valence-electron chi connectivity index (χ0n) is 16.1. The van der Waals surface area contributed by atoms with Gasteiger partial charge in [-0.2, -0.15) is 0 Å². The van der Waals surface area contributed by atoms with E-state index < -0.39 is 5.66 Å². The molecule has 0 aromatic heterocycles. The fourth-order valence-electron chi connectivity index (χ4n) is 4.86. The molecule has 4 aromatic carbocycles. The highest BCUT2D eigenvalue weighted by Gasteiger charge is 2.50. The Hall–Kier alpha value is -2.81. The molecule has 0 saturated carbocycles. The van der Waals surface area contributed by atoms with Crippen molar-refractivity contribution in [3.05, 3.63) is 112 Å². The Bertz CT molecular complexity index is 1310. The number of halogens is 2. The SMILES string of the molecule is Clc1ccc(C2=N[C@@]3(c4ccc(Cl)cc4)Cc4ccc5ccccc5c4N3C2)cc1. The Morgan fingerprint density at radius 1 is 0.767 bits per heavy atom. The summed E-state index contributed by atoms with van der Waals surface area (Å²) >= 11 is 12.3. The van der Waals surface area contributed by atoms with Crippen LogP contribution in [0.2, 0.25) is 10.0 Å². The first kappa shape index (κ1) is 18.0. The van der Waals surface area contributed by atoms with Crippen LogP contribution in [0, 0.1) is 0 Å². The second-order valence-electron chi connectivity index (χ2n) is 7.95. The van der Waals surface area contributed by atoms with Crippen molar-refractivity contribution in [3.8, 4) is 0 Å². The maximum Gasteiger partial charge on any atom is 0.162 e. The van der Waals surface area contributed by atoms with E-state index in [2.05, 4.69) is 65.6 Å². The van der Waals surface area contributed by atoms with Gasteiger partial charge in [-0.15, -0.1) is 0 Å². The number of anilines is 1. The molecule has 1 atom stereocenters. The zero-order valence-corrected chi connectivity index (χ0v) is 17.7. The highest BCUT2D eigenvalue weighted by atomic mass is 35.5. The number of fused-ring (bicyclic) bond motifs is 5. The number of rotatable bonds is 2. The van der Waals surface area contributed by atoms with E-state index in [0.717, 1.165) is 39.8 Å². The lowest BCUT2D eigenvalue weighted by atomic mass is 9.95. The first-order valence-electron chi connectivity index (χ1n) is 10.0. The van der Waals surface area contributed by atoms with E-state index in [-0.39, 0.29) is 0 Å². The van der Waals surface area contributed by atoms with Gasteiger partial charge in [0.1, 0.15) is 0 Å². The van der Waals surface area contributed by atoms with Gasteiger partial charge < -0.3 is 4.90 Å². The first-order chi connectivity index (χ1) is 14.6. The van der Waals surface area contributed by atoms with Crippen molar-refractivity contribution in [1.29, 1.82) is 0 Å². The second-order valence-corrected chi connectivity index (χ2v) is 8.82. The number of hydrogen-bond acceptors (Lipinski definition) is 2. The molecule has 0 radical (unpaired) electrons. The highest BCUT2D eigenvalue weighted by Crippen LogP contribution is 2.51. The van der Waals surface area contributed by atoms with Gasteiger partial charge in [0.25, 0.3) is 0 Å². The predicted octanol–water partition coefficient (Wildman–Crippen LogP) is 6.87. The largest absolute Gasteiger partial charge is 0.336 e. The Labute approximate surface area is 185 Å². The lowest BCUT2D eigenvalue weighted by molar-refractivity contribution is 0.482. The van der Waals surface area contributed by atoms with E-state index in [1.54, 1.807) is 0 Å². The van der Waals surface area contributed by atoms with Crippen LogP contribution in [-0.4, -0.2) is 12.3 Å². The average molecular weight is 429 g/mol. The molecule has 0 unspecified atom stereocenters. The average Bonchev–Trinajstić information content (AvgIpc) is 3.29. The van der Waals surface area contributed by atoms with Crippen molar-refractivity contribution < 1.29 is 0 Å². The van der Waals surface area contributed by atoms with Gasteiger partial charge in [-0.1, -0.05) is 83.9 Å². The lowest BCUT2D eigenvalue weighted by Gasteiger charge is -2.32. The molecule has 0 amide bonds. The third kappa shape index (κ3) is 2.61. The van der Waals surface area contributed by atoms with Crippen LogP contribution in [0.15, 0.2) is 89.9 Å². The van der Waals surface area contributed by atoms with Gasteiger partial charge in [-0.3, -0.25) is 4.99 Å². The van der Waals surface area contributed by atoms with Crippen LogP contribution in [0.1, 0.15) is 16.7 Å². The van der Waals surface area contributed by atoms with E-state index in [9.17, 15) is 0 Å². The summed E-state index contributed by atoms with van der Waals surface area (Å²) in [4.78, 5) is 7.83. The van der Waals surface area contributed by atoms with Gasteiger partial charge in [0.05, 0.1) is 17.9 Å². The minimum atomic E-state index is -0.452. The van der Waals surface area contributed by atoms with Gasteiger partial charge in [0.2, 0.25) is 0 Å². The molecule has 2 aliphatic heterocycles. The molecule has 2 heterocycles. The molecule has 0 N–H and O–H groups in total. The Morgan fingerprint density at radius 3 is 2.23 bits per heavy atom. The summed E-state index contributed by atoms with van der Waals surface area (Å²) < 4.78 is 0. The Balaban J connectivity index is 1.57. The maximum absolute atomic E-state index is 6.20. The molecule has 0 aliphatic carbocycles. The molecule has 0 fully saturated rings. The summed E-state index contributed by atoms with van der Waals surface area (Å²) in [5.41, 5.74) is 5.53. The number of nitrogens with zero attached hydrogens (tertiary/aromatic N) is 2. The molecule has 4 heteroatoms. The minimum absolute atomic E-state index is 0.452. The van der Waals surface area contributed by atoms with Crippen molar-refractivity contribution in [2.45, 2.75) is 12.1 Å². The fraction of sp³-hybridized carbons (Fsp3) is 0.115. The summed E-state index contributed by atoms with van der Waals surface area (Å²) in [5.74, 6) is 0. The maximum atomic E-state index is 6.20. The van der Waals surface area contributed by atoms with Crippen LogP contribution in [0.3, 0.4) is 0 Å². The van der Waals surface area contributed by atoms with Crippen LogP contribution >= 0.6 is 23.2 Å². The van der Waals surface area contributed by atoms with Gasteiger partial charge >= 0.3 is 0 Å². The number of benzene rings is 4. The van der Waals surface area contributed by atoms with Crippen molar-refractivity contribution in [2.24, 2.45) is 4.99 Å². The van der Waals surface area contributed by atoms with Gasteiger partial charge in [0.15, 0.2) is 5.66 Å². The second kappa shape index (κ2) is 6.60. The summed E-state index contributed by atoms with van der Waals surface area (Å²) in [7, 11) is 0. The van der Waals surface area contributed by atoms with Crippen molar-refractivity contribution in [2.75, 3.05) is 11.4 Å². The molecular weight excluding hydrogens is 411 g/mol. The van der Waals surface area contributed by atoms with Crippen LogP contribution in [0.4, 0.5) is 5.69 Å². The zero-order chi connectivity index (χ0) is 20.3. The molecule has 146 valence electrons. The normalized spacial score (nSPS) is 19.7. The molecule has 2 aliphatic rings. The minimum Gasteiger partial charge on any atom is -0.336 e. The van der Waals surface area contributed by atoms with E-state index in [1.807, 2.05) is 24.3 Å². The van der Waals surface area contributed by atoms with E-state index in [4.69, 9.17) is 28.2 Å². The number of hydrogen-bond donors (Lipinski definition) is 0. The van der Waals surface area contributed by atoms with Gasteiger partial charge in [-0.05, 0) is 40.8 Å². The quantitative estimate of drug-likeness (QED) is 0.340. The predicted molar refractivity (Wildman–Crippen MR) is 126 cm³/mol. The van der Waals surface area contributed by atoms with Gasteiger partial charge in [-0.25, -0.2) is 0 Å². The smallest absolute Gasteiger partial charge is 0.162 e. The van der Waals surface area contributed by atoms with Crippen LogP contribution in [0.25, 0.3) is 10.8 Å². The highest BCUT2D eigenvalue weighted by molar-refractivity contribution is 6.31. The van der Waals surface area contributed by atoms with Gasteiger partial charge in [0, 0.05) is 27.4 Å². The van der Waals surface area contributed by atoms with E-state index >= 15 is 0 Å². The molecule has 2 nitrogen and oxygen atoms in total. The summed E-state index contributed by atoms with van der Waals surface area (Å²) in [6, 6.07) is 29.2. The number of aliphatic imine (C=N–C) groups is 1. The Morgan fingerprint density at radius 2 is 1.47 bits per heavy atom. The fourth-order valence-corrected chi connectivity index (χ4v) is 5.12. The molecule has 6 rings (SSSR count). The summed E-state index contributed by atoms with van der Waals surface area (Å²) in [5, 5.41) is 4.01. The van der Waals surface area contributed by atoms with Crippen LogP contribution < -0.4 is 4.90 Å².